The van der Waals surface area contributed by atoms with Crippen LogP contribution in [0.3, 0.4) is 0 Å². The number of benzene rings is 2. The molecule has 0 amide bonds. The number of halogens is 4. The third kappa shape index (κ3) is 3.41. The molecule has 0 aliphatic rings. The topological polar surface area (TPSA) is 43.1 Å². The van der Waals surface area contributed by atoms with Crippen LogP contribution in [-0.2, 0) is 6.47 Å². The lowest BCUT2D eigenvalue weighted by Crippen LogP contribution is -2.29. The van der Waals surface area contributed by atoms with Crippen LogP contribution in [0.1, 0.15) is 11.1 Å². The first-order valence-corrected chi connectivity index (χ1v) is 9.00. The van der Waals surface area contributed by atoms with E-state index in [9.17, 15) is 10.1 Å². The third-order valence-corrected chi connectivity index (χ3v) is 9.31. The maximum atomic E-state index is 10.7. The summed E-state index contributed by atoms with van der Waals surface area (Å²) in [7, 11) is 0. The minimum Gasteiger partial charge on any atom is -0.258 e. The molecular formula is C14H9Br4NO2. The zero-order valence-corrected chi connectivity index (χ0v) is 16.8. The summed E-state index contributed by atoms with van der Waals surface area (Å²) in [4.78, 5) is 10.3. The second-order valence-corrected chi connectivity index (χ2v) is 11.2. The summed E-state index contributed by atoms with van der Waals surface area (Å²) < 4.78 is -1.33. The third-order valence-electron chi connectivity index (χ3n) is 2.97. The largest absolute Gasteiger partial charge is 0.269 e. The molecule has 0 N–H and O–H groups in total. The van der Waals surface area contributed by atoms with E-state index in [1.54, 1.807) is 12.1 Å². The number of hydrogen-bond donors (Lipinski definition) is 0. The molecule has 0 atom stereocenters. The van der Waals surface area contributed by atoms with Gasteiger partial charge in [0.2, 0.25) is 0 Å². The summed E-state index contributed by atoms with van der Waals surface area (Å²) in [5, 5.41) is 10.7. The lowest BCUT2D eigenvalue weighted by atomic mass is 10.0. The van der Waals surface area contributed by atoms with Gasteiger partial charge in [0, 0.05) is 12.1 Å². The predicted octanol–water partition coefficient (Wildman–Crippen LogP) is 6.18. The van der Waals surface area contributed by atoms with E-state index >= 15 is 0 Å². The maximum Gasteiger partial charge on any atom is 0.269 e. The molecule has 0 fully saturated rings. The van der Waals surface area contributed by atoms with Gasteiger partial charge in [-0.1, -0.05) is 94.1 Å². The molecule has 0 aromatic heterocycles. The van der Waals surface area contributed by atoms with Gasteiger partial charge in [0.25, 0.3) is 5.69 Å². The summed E-state index contributed by atoms with van der Waals surface area (Å²) in [6, 6.07) is 16.2. The average Bonchev–Trinajstić information content (AvgIpc) is 2.48. The predicted molar refractivity (Wildman–Crippen MR) is 98.6 cm³/mol. The number of nitro groups is 1. The van der Waals surface area contributed by atoms with Gasteiger partial charge in [-0.25, -0.2) is 0 Å². The highest BCUT2D eigenvalue weighted by Gasteiger charge is 2.47. The highest BCUT2D eigenvalue weighted by Crippen LogP contribution is 2.60. The lowest BCUT2D eigenvalue weighted by Gasteiger charge is -2.35. The van der Waals surface area contributed by atoms with Gasteiger partial charge in [-0.05, 0) is 23.3 Å². The van der Waals surface area contributed by atoms with Crippen molar-refractivity contribution in [2.45, 2.75) is 6.47 Å². The van der Waals surface area contributed by atoms with Crippen LogP contribution in [0.4, 0.5) is 5.69 Å². The van der Waals surface area contributed by atoms with Crippen molar-refractivity contribution in [3.8, 4) is 0 Å². The Bertz CT molecular complexity index is 642. The number of rotatable bonds is 4. The van der Waals surface area contributed by atoms with Crippen molar-refractivity contribution < 1.29 is 4.92 Å². The van der Waals surface area contributed by atoms with Gasteiger partial charge in [-0.2, -0.15) is 0 Å². The van der Waals surface area contributed by atoms with E-state index in [0.717, 1.165) is 11.1 Å². The van der Waals surface area contributed by atoms with Gasteiger partial charge < -0.3 is 0 Å². The molecule has 0 radical (unpaired) electrons. The zero-order valence-electron chi connectivity index (χ0n) is 10.5. The number of nitro benzene ring substituents is 1. The Morgan fingerprint density at radius 1 is 0.762 bits per heavy atom. The van der Waals surface area contributed by atoms with Crippen molar-refractivity contribution in [3.63, 3.8) is 0 Å². The van der Waals surface area contributed by atoms with Crippen molar-refractivity contribution in [1.82, 2.24) is 0 Å². The van der Waals surface area contributed by atoms with Crippen LogP contribution in [-0.4, -0.2) is 4.92 Å². The van der Waals surface area contributed by atoms with Crippen LogP contribution in [0.15, 0.2) is 54.6 Å². The molecule has 3 nitrogen and oxygen atoms in total. The standard InChI is InChI=1S/C14H9Br4NO2/c15-13(16,10-4-2-1-3-5-10)14(17,18)11-6-8-12(9-7-11)19(20)21/h1-9H. The first-order valence-electron chi connectivity index (χ1n) is 5.83. The van der Waals surface area contributed by atoms with Crippen molar-refractivity contribution >= 4 is 69.4 Å². The Morgan fingerprint density at radius 3 is 1.62 bits per heavy atom. The monoisotopic (exact) mass is 539 g/mol. The normalized spacial score (nSPS) is 12.2. The fourth-order valence-electron chi connectivity index (χ4n) is 1.80. The Hall–Kier alpha value is -0.240. The Labute approximate surface area is 155 Å². The molecule has 0 saturated carbocycles. The fourth-order valence-corrected chi connectivity index (χ4v) is 3.78. The van der Waals surface area contributed by atoms with Crippen molar-refractivity contribution in [3.05, 3.63) is 75.8 Å². The molecule has 0 aliphatic carbocycles. The summed E-state index contributed by atoms with van der Waals surface area (Å²) in [6.07, 6.45) is 0. The zero-order chi connectivity index (χ0) is 15.7. The van der Waals surface area contributed by atoms with Crippen molar-refractivity contribution in [2.75, 3.05) is 0 Å². The molecule has 7 heteroatoms. The molecule has 0 heterocycles. The molecule has 0 aliphatic heterocycles. The van der Waals surface area contributed by atoms with Gasteiger partial charge in [-0.15, -0.1) is 0 Å². The molecule has 0 spiro atoms. The van der Waals surface area contributed by atoms with E-state index in [4.69, 9.17) is 0 Å². The molecule has 110 valence electrons. The van der Waals surface area contributed by atoms with Gasteiger partial charge in [0.15, 0.2) is 0 Å². The van der Waals surface area contributed by atoms with Crippen LogP contribution in [0.25, 0.3) is 0 Å². The van der Waals surface area contributed by atoms with E-state index in [1.807, 2.05) is 30.3 Å². The molecule has 0 unspecified atom stereocenters. The molecule has 2 aromatic carbocycles. The van der Waals surface area contributed by atoms with E-state index in [1.165, 1.54) is 12.1 Å². The Morgan fingerprint density at radius 2 is 1.19 bits per heavy atom. The first-order chi connectivity index (χ1) is 9.76. The number of alkyl halides is 4. The summed E-state index contributed by atoms with van der Waals surface area (Å²) in [6.45, 7) is 0. The lowest BCUT2D eigenvalue weighted by molar-refractivity contribution is -0.384. The summed E-state index contributed by atoms with van der Waals surface area (Å²) >= 11 is 14.7. The van der Waals surface area contributed by atoms with E-state index in [2.05, 4.69) is 63.7 Å². The number of hydrogen-bond acceptors (Lipinski definition) is 2. The van der Waals surface area contributed by atoms with Gasteiger partial charge >= 0.3 is 0 Å². The highest BCUT2D eigenvalue weighted by atomic mass is 79.9. The minimum absolute atomic E-state index is 0.0593. The Balaban J connectivity index is 2.43. The second-order valence-electron chi connectivity index (χ2n) is 4.32. The summed E-state index contributed by atoms with van der Waals surface area (Å²) in [5.41, 5.74) is 1.90. The highest BCUT2D eigenvalue weighted by molar-refractivity contribution is 9.29. The van der Waals surface area contributed by atoms with E-state index in [0.29, 0.717) is 0 Å². The molecular weight excluding hydrogens is 534 g/mol. The minimum atomic E-state index is -0.691. The smallest absolute Gasteiger partial charge is 0.258 e. The maximum absolute atomic E-state index is 10.7. The molecule has 0 saturated heterocycles. The average molecular weight is 543 g/mol. The molecule has 2 rings (SSSR count). The van der Waals surface area contributed by atoms with Crippen LogP contribution < -0.4 is 0 Å². The van der Waals surface area contributed by atoms with Crippen LogP contribution in [0, 0.1) is 10.1 Å². The van der Waals surface area contributed by atoms with Gasteiger partial charge in [0.05, 0.1) is 4.92 Å². The van der Waals surface area contributed by atoms with E-state index < -0.39 is 11.4 Å². The van der Waals surface area contributed by atoms with Crippen molar-refractivity contribution in [2.24, 2.45) is 0 Å². The van der Waals surface area contributed by atoms with Crippen molar-refractivity contribution in [1.29, 1.82) is 0 Å². The SMILES string of the molecule is O=[N+]([O-])c1ccc(C(Br)(Br)C(Br)(Br)c2ccccc2)cc1. The Kier molecular flexibility index (Phi) is 5.28. The second kappa shape index (κ2) is 6.48. The van der Waals surface area contributed by atoms with Gasteiger partial charge in [0.1, 0.15) is 6.47 Å². The van der Waals surface area contributed by atoms with Crippen LogP contribution in [0.5, 0.6) is 0 Å². The number of non-ortho nitro benzene ring substituents is 1. The van der Waals surface area contributed by atoms with Gasteiger partial charge in [-0.3, -0.25) is 10.1 Å². The number of nitrogens with zero attached hydrogens (tertiary/aromatic N) is 1. The first kappa shape index (κ1) is 17.1. The van der Waals surface area contributed by atoms with Crippen LogP contribution >= 0.6 is 63.7 Å². The molecule has 2 aromatic rings. The fraction of sp³-hybridized carbons (Fsp3) is 0.143. The van der Waals surface area contributed by atoms with Crippen LogP contribution in [0.2, 0.25) is 0 Å². The van der Waals surface area contributed by atoms with E-state index in [-0.39, 0.29) is 5.69 Å². The molecule has 21 heavy (non-hydrogen) atoms. The quantitative estimate of drug-likeness (QED) is 0.263. The molecule has 0 bridgehead atoms. The summed E-state index contributed by atoms with van der Waals surface area (Å²) in [5.74, 6) is 0.